The third kappa shape index (κ3) is 3.32. The van der Waals surface area contributed by atoms with Crippen molar-refractivity contribution >= 4 is 35.2 Å². The van der Waals surface area contributed by atoms with Gasteiger partial charge >= 0.3 is 0 Å². The molecule has 0 saturated carbocycles. The maximum Gasteiger partial charge on any atom is 0.262 e. The monoisotopic (exact) mass is 282 g/mol. The van der Waals surface area contributed by atoms with Crippen molar-refractivity contribution in [2.45, 2.75) is 0 Å². The van der Waals surface area contributed by atoms with Crippen LogP contribution < -0.4 is 5.43 Å². The fourth-order valence-corrected chi connectivity index (χ4v) is 1.70. The van der Waals surface area contributed by atoms with Crippen molar-refractivity contribution in [2.75, 3.05) is 5.43 Å². The van der Waals surface area contributed by atoms with Crippen LogP contribution in [0.25, 0.3) is 6.08 Å². The zero-order chi connectivity index (χ0) is 13.0. The van der Waals surface area contributed by atoms with E-state index in [2.05, 4.69) is 15.6 Å². The first-order valence-corrected chi connectivity index (χ1v) is 5.69. The number of aromatic nitrogens is 3. The Hall–Kier alpha value is -1.85. The second kappa shape index (κ2) is 5.66. The zero-order valence-corrected chi connectivity index (χ0v) is 10.6. The number of nitrogens with one attached hydrogen (secondary N) is 1. The predicted molar refractivity (Wildman–Crippen MR) is 69.9 cm³/mol. The van der Waals surface area contributed by atoms with Crippen LogP contribution in [0.2, 0.25) is 10.0 Å². The molecule has 0 radical (unpaired) electrons. The van der Waals surface area contributed by atoms with Crippen LogP contribution >= 0.6 is 23.2 Å². The molecule has 2 aromatic rings. The highest BCUT2D eigenvalue weighted by Crippen LogP contribution is 2.21. The van der Waals surface area contributed by atoms with E-state index in [1.165, 1.54) is 23.4 Å². The van der Waals surface area contributed by atoms with Gasteiger partial charge in [0, 0.05) is 16.1 Å². The van der Waals surface area contributed by atoms with Crippen molar-refractivity contribution in [2.24, 2.45) is 0 Å². The molecule has 0 bridgehead atoms. The number of carbonyl (C=O) groups is 1. The van der Waals surface area contributed by atoms with Crippen molar-refractivity contribution in [1.29, 1.82) is 0 Å². The van der Waals surface area contributed by atoms with Crippen molar-refractivity contribution in [3.05, 3.63) is 52.5 Å². The Morgan fingerprint density at radius 1 is 1.28 bits per heavy atom. The maximum atomic E-state index is 11.5. The average Bonchev–Trinajstić information content (AvgIpc) is 2.80. The van der Waals surface area contributed by atoms with Gasteiger partial charge in [-0.2, -0.15) is 0 Å². The lowest BCUT2D eigenvalue weighted by atomic mass is 10.2. The van der Waals surface area contributed by atoms with Crippen LogP contribution in [0.5, 0.6) is 0 Å². The van der Waals surface area contributed by atoms with Crippen molar-refractivity contribution < 1.29 is 4.79 Å². The molecule has 0 aliphatic rings. The van der Waals surface area contributed by atoms with Crippen LogP contribution in [0.1, 0.15) is 5.56 Å². The number of benzene rings is 1. The molecule has 0 spiro atoms. The number of amides is 1. The Kier molecular flexibility index (Phi) is 3.96. The van der Waals surface area contributed by atoms with E-state index in [1.54, 1.807) is 24.3 Å². The predicted octanol–water partition coefficient (Wildman–Crippen LogP) is 2.37. The van der Waals surface area contributed by atoms with Crippen LogP contribution in [0, 0.1) is 0 Å². The van der Waals surface area contributed by atoms with Crippen LogP contribution in [-0.4, -0.2) is 20.8 Å². The number of rotatable bonds is 3. The Morgan fingerprint density at radius 3 is 2.67 bits per heavy atom. The lowest BCUT2D eigenvalue weighted by Crippen LogP contribution is -2.18. The van der Waals surface area contributed by atoms with E-state index in [9.17, 15) is 4.79 Å². The van der Waals surface area contributed by atoms with E-state index in [0.717, 1.165) is 0 Å². The van der Waals surface area contributed by atoms with E-state index < -0.39 is 0 Å². The molecule has 92 valence electrons. The fourth-order valence-electron chi connectivity index (χ4n) is 1.23. The minimum absolute atomic E-state index is 0.319. The van der Waals surface area contributed by atoms with Crippen molar-refractivity contribution in [3.8, 4) is 0 Å². The summed E-state index contributed by atoms with van der Waals surface area (Å²) in [6.07, 6.45) is 5.70. The first kappa shape index (κ1) is 12.6. The quantitative estimate of drug-likeness (QED) is 0.880. The smallest absolute Gasteiger partial charge is 0.262 e. The molecule has 2 rings (SSSR count). The number of halogens is 2. The summed E-state index contributed by atoms with van der Waals surface area (Å²) in [5, 5.41) is 8.14. The standard InChI is InChI=1S/C11H8Cl2N4O/c12-9-3-1-8(10(13)5-9)2-4-11(18)16-17-6-14-15-7-17/h1-7H,(H,16,18). The third-order valence-corrected chi connectivity index (χ3v) is 2.60. The average molecular weight is 283 g/mol. The lowest BCUT2D eigenvalue weighted by Gasteiger charge is -2.01. The van der Waals surface area contributed by atoms with Crippen molar-refractivity contribution in [1.82, 2.24) is 14.9 Å². The molecule has 0 aliphatic carbocycles. The summed E-state index contributed by atoms with van der Waals surface area (Å²) in [5.74, 6) is -0.319. The molecular formula is C11H8Cl2N4O. The summed E-state index contributed by atoms with van der Waals surface area (Å²) in [7, 11) is 0. The first-order valence-electron chi connectivity index (χ1n) is 4.94. The molecule has 1 N–H and O–H groups in total. The summed E-state index contributed by atoms with van der Waals surface area (Å²) in [6, 6.07) is 5.04. The molecule has 1 amide bonds. The second-order valence-electron chi connectivity index (χ2n) is 3.34. The molecule has 1 aromatic carbocycles. The highest BCUT2D eigenvalue weighted by Gasteiger charge is 2.00. The van der Waals surface area contributed by atoms with E-state index in [1.807, 2.05) is 0 Å². The Labute approximate surface area is 113 Å². The summed E-state index contributed by atoms with van der Waals surface area (Å²) < 4.78 is 1.34. The summed E-state index contributed by atoms with van der Waals surface area (Å²) in [5.41, 5.74) is 3.23. The largest absolute Gasteiger partial charge is 0.268 e. The number of nitrogens with zero attached hydrogens (tertiary/aromatic N) is 3. The van der Waals surface area contributed by atoms with E-state index in [-0.39, 0.29) is 5.91 Å². The minimum atomic E-state index is -0.319. The summed E-state index contributed by atoms with van der Waals surface area (Å²) in [6.45, 7) is 0. The van der Waals surface area contributed by atoms with Gasteiger partial charge < -0.3 is 0 Å². The molecule has 18 heavy (non-hydrogen) atoms. The molecule has 1 aromatic heterocycles. The number of carbonyl (C=O) groups excluding carboxylic acids is 1. The fraction of sp³-hybridized carbons (Fsp3) is 0. The minimum Gasteiger partial charge on any atom is -0.268 e. The molecule has 5 nitrogen and oxygen atoms in total. The van der Waals surface area contributed by atoms with Gasteiger partial charge in [0.25, 0.3) is 5.91 Å². The topological polar surface area (TPSA) is 59.8 Å². The molecular weight excluding hydrogens is 275 g/mol. The van der Waals surface area contributed by atoms with Crippen LogP contribution in [0.4, 0.5) is 0 Å². The molecule has 7 heteroatoms. The first-order chi connectivity index (χ1) is 8.65. The van der Waals surface area contributed by atoms with E-state index >= 15 is 0 Å². The van der Waals surface area contributed by atoms with Gasteiger partial charge in [-0.3, -0.25) is 10.2 Å². The lowest BCUT2D eigenvalue weighted by molar-refractivity contribution is -0.112. The van der Waals surface area contributed by atoms with Crippen LogP contribution in [0.15, 0.2) is 36.9 Å². The molecule has 0 saturated heterocycles. The SMILES string of the molecule is O=C(C=Cc1ccc(Cl)cc1Cl)Nn1cnnc1. The molecule has 0 aliphatic heterocycles. The van der Waals surface area contributed by atoms with E-state index in [0.29, 0.717) is 15.6 Å². The third-order valence-electron chi connectivity index (χ3n) is 2.03. The van der Waals surface area contributed by atoms with Gasteiger partial charge in [-0.1, -0.05) is 29.3 Å². The molecule has 0 atom stereocenters. The van der Waals surface area contributed by atoms with Gasteiger partial charge in [0.05, 0.1) is 0 Å². The Morgan fingerprint density at radius 2 is 2.00 bits per heavy atom. The van der Waals surface area contributed by atoms with Gasteiger partial charge in [-0.05, 0) is 23.8 Å². The molecule has 0 fully saturated rings. The normalized spacial score (nSPS) is 10.8. The van der Waals surface area contributed by atoms with Gasteiger partial charge in [0.1, 0.15) is 12.7 Å². The van der Waals surface area contributed by atoms with Crippen LogP contribution in [0.3, 0.4) is 0 Å². The highest BCUT2D eigenvalue weighted by atomic mass is 35.5. The highest BCUT2D eigenvalue weighted by molar-refractivity contribution is 6.35. The Balaban J connectivity index is 2.04. The summed E-state index contributed by atoms with van der Waals surface area (Å²) >= 11 is 11.7. The van der Waals surface area contributed by atoms with Gasteiger partial charge in [-0.15, -0.1) is 10.2 Å². The molecule has 1 heterocycles. The zero-order valence-electron chi connectivity index (χ0n) is 9.05. The summed E-state index contributed by atoms with van der Waals surface area (Å²) in [4.78, 5) is 11.5. The van der Waals surface area contributed by atoms with Crippen LogP contribution in [-0.2, 0) is 4.79 Å². The van der Waals surface area contributed by atoms with Gasteiger partial charge in [-0.25, -0.2) is 4.68 Å². The van der Waals surface area contributed by atoms with Gasteiger partial charge in [0.15, 0.2) is 0 Å². The second-order valence-corrected chi connectivity index (χ2v) is 4.19. The molecule has 0 unspecified atom stereocenters. The van der Waals surface area contributed by atoms with Crippen molar-refractivity contribution in [3.63, 3.8) is 0 Å². The Bertz CT molecular complexity index is 581. The maximum absolute atomic E-state index is 11.5. The number of hydrogen-bond acceptors (Lipinski definition) is 3. The number of hydrogen-bond donors (Lipinski definition) is 1. The van der Waals surface area contributed by atoms with E-state index in [4.69, 9.17) is 23.2 Å². The van der Waals surface area contributed by atoms with Gasteiger partial charge in [0.2, 0.25) is 0 Å².